The number of rotatable bonds is 4. The number of ether oxygens (including phenoxy) is 4. The van der Waals surface area contributed by atoms with Crippen LogP contribution in [0, 0.1) is 17.8 Å². The number of nitrogens with two attached hydrogens (primary N) is 1. The normalized spacial score (nSPS) is 48.8. The van der Waals surface area contributed by atoms with Crippen molar-refractivity contribution in [2.45, 2.75) is 92.1 Å². The Hall–Kier alpha value is -0.700. The van der Waals surface area contributed by atoms with Crippen LogP contribution in [0.4, 0.5) is 0 Å². The van der Waals surface area contributed by atoms with Crippen molar-refractivity contribution in [1.82, 2.24) is 0 Å². The molecule has 3 aliphatic carbocycles. The number of halogens is 2. The van der Waals surface area contributed by atoms with Gasteiger partial charge >= 0.3 is 0 Å². The molecule has 34 heavy (non-hydrogen) atoms. The summed E-state index contributed by atoms with van der Waals surface area (Å²) in [6, 6.07) is 0. The van der Waals surface area contributed by atoms with Crippen LogP contribution in [-0.2, 0) is 28.5 Å². The van der Waals surface area contributed by atoms with Crippen LogP contribution in [0.15, 0.2) is 11.3 Å². The zero-order chi connectivity index (χ0) is 24.4. The minimum atomic E-state index is -1.38. The van der Waals surface area contributed by atoms with E-state index in [1.54, 1.807) is 14.2 Å². The monoisotopic (exact) mass is 515 g/mol. The molecule has 7 nitrogen and oxygen atoms in total. The van der Waals surface area contributed by atoms with E-state index in [-0.39, 0.29) is 41.9 Å². The molecule has 5 aliphatic rings. The average molecular weight is 516 g/mol. The van der Waals surface area contributed by atoms with Crippen molar-refractivity contribution >= 4 is 34.8 Å². The summed E-state index contributed by atoms with van der Waals surface area (Å²) in [5.41, 5.74) is 4.68. The van der Waals surface area contributed by atoms with Gasteiger partial charge in [0.25, 0.3) is 0 Å². The molecule has 7 unspecified atom stereocenters. The zero-order valence-electron chi connectivity index (χ0n) is 20.1. The Morgan fingerprint density at radius 1 is 1.12 bits per heavy atom. The van der Waals surface area contributed by atoms with Gasteiger partial charge in [0.05, 0.1) is 29.6 Å². The van der Waals surface area contributed by atoms with E-state index >= 15 is 0 Å². The summed E-state index contributed by atoms with van der Waals surface area (Å²) in [7, 11) is 3.19. The summed E-state index contributed by atoms with van der Waals surface area (Å²) in [4.78, 5) is 27.5. The molecule has 190 valence electrons. The van der Waals surface area contributed by atoms with Crippen LogP contribution in [0.1, 0.15) is 51.9 Å². The van der Waals surface area contributed by atoms with Gasteiger partial charge in [-0.05, 0) is 12.8 Å². The first-order valence-corrected chi connectivity index (χ1v) is 13.3. The quantitative estimate of drug-likeness (QED) is 0.574. The van der Waals surface area contributed by atoms with Crippen molar-refractivity contribution < 1.29 is 28.5 Å². The van der Waals surface area contributed by atoms with Crippen molar-refractivity contribution in [3.8, 4) is 0 Å². The molecule has 2 N–H and O–H groups in total. The van der Waals surface area contributed by atoms with Gasteiger partial charge < -0.3 is 24.7 Å². The van der Waals surface area contributed by atoms with Gasteiger partial charge in [0, 0.05) is 62.8 Å². The van der Waals surface area contributed by atoms with Gasteiger partial charge in [-0.3, -0.25) is 9.59 Å². The lowest BCUT2D eigenvalue weighted by Gasteiger charge is -2.43. The average Bonchev–Trinajstić information content (AvgIpc) is 3.38. The maximum Gasteiger partial charge on any atom is 0.187 e. The molecule has 3 fully saturated rings. The summed E-state index contributed by atoms with van der Waals surface area (Å²) in [6.45, 7) is 2.10. The van der Waals surface area contributed by atoms with Crippen molar-refractivity contribution in [3.05, 3.63) is 11.3 Å². The van der Waals surface area contributed by atoms with E-state index in [1.165, 1.54) is 0 Å². The van der Waals surface area contributed by atoms with Crippen molar-refractivity contribution in [2.75, 3.05) is 20.8 Å². The minimum Gasteiger partial charge on any atom is -0.486 e. The molecule has 0 aromatic carbocycles. The molecular formula is C25H35Cl2NO6. The van der Waals surface area contributed by atoms with E-state index in [9.17, 15) is 9.59 Å². The van der Waals surface area contributed by atoms with E-state index < -0.39 is 40.6 Å². The van der Waals surface area contributed by atoms with Crippen LogP contribution in [0.25, 0.3) is 0 Å². The number of carbonyl (C=O) groups is 2. The van der Waals surface area contributed by atoms with Gasteiger partial charge in [-0.1, -0.05) is 19.8 Å². The van der Waals surface area contributed by atoms with Crippen molar-refractivity contribution in [3.63, 3.8) is 0 Å². The fourth-order valence-electron chi connectivity index (χ4n) is 7.22. The highest BCUT2D eigenvalue weighted by Crippen LogP contribution is 2.58. The van der Waals surface area contributed by atoms with E-state index in [1.807, 2.05) is 6.92 Å². The lowest BCUT2D eigenvalue weighted by molar-refractivity contribution is -0.152. The Morgan fingerprint density at radius 2 is 1.82 bits per heavy atom. The standard InChI is InChI=1S/C25H35Cl2NO6/c1-12-8-16(29)13-10-24(11-28,14-6-4-5-7-15(14)26)34-23(13)25(12)22(30)19-17(31-2)9-18(32-3)20(27)21(19)33-25/h12,14-15,17-21H,4-11,28H2,1-3H3/t12-,14?,15?,17?,18?,19?,20?,21?,24+,25-/m1/s1. The van der Waals surface area contributed by atoms with Crippen molar-refractivity contribution in [1.29, 1.82) is 0 Å². The smallest absolute Gasteiger partial charge is 0.187 e. The topological polar surface area (TPSA) is 97.1 Å². The first-order chi connectivity index (χ1) is 16.2. The Labute approximate surface area is 211 Å². The van der Waals surface area contributed by atoms with E-state index in [0.717, 1.165) is 25.7 Å². The largest absolute Gasteiger partial charge is 0.486 e. The van der Waals surface area contributed by atoms with Crippen molar-refractivity contribution in [2.24, 2.45) is 23.5 Å². The van der Waals surface area contributed by atoms with Gasteiger partial charge in [0.15, 0.2) is 17.2 Å². The molecule has 0 bridgehead atoms. The second-order valence-corrected chi connectivity index (χ2v) is 11.8. The second-order valence-electron chi connectivity index (χ2n) is 10.7. The first-order valence-electron chi connectivity index (χ1n) is 12.5. The number of alkyl halides is 2. The molecule has 2 aliphatic heterocycles. The Morgan fingerprint density at radius 3 is 2.47 bits per heavy atom. The third kappa shape index (κ3) is 3.37. The number of ketones is 2. The molecular weight excluding hydrogens is 481 g/mol. The zero-order valence-corrected chi connectivity index (χ0v) is 21.6. The maximum absolute atomic E-state index is 14.2. The highest BCUT2D eigenvalue weighted by molar-refractivity contribution is 6.22. The van der Waals surface area contributed by atoms with E-state index in [0.29, 0.717) is 24.2 Å². The molecule has 0 aromatic rings. The van der Waals surface area contributed by atoms with E-state index in [4.69, 9.17) is 47.9 Å². The summed E-state index contributed by atoms with van der Waals surface area (Å²) >= 11 is 13.6. The number of Topliss-reactive ketones (excluding diaryl/α,β-unsaturated/α-hetero) is 2. The molecule has 1 spiro atoms. The van der Waals surface area contributed by atoms with Crippen LogP contribution < -0.4 is 5.73 Å². The second kappa shape index (κ2) is 9.00. The van der Waals surface area contributed by atoms with Gasteiger partial charge in [0.2, 0.25) is 0 Å². The van der Waals surface area contributed by atoms with Crippen LogP contribution in [0.3, 0.4) is 0 Å². The van der Waals surface area contributed by atoms with Crippen LogP contribution >= 0.6 is 23.2 Å². The molecule has 5 rings (SSSR count). The molecule has 2 saturated carbocycles. The van der Waals surface area contributed by atoms with Gasteiger partial charge in [0.1, 0.15) is 11.4 Å². The molecule has 1 saturated heterocycles. The Balaban J connectivity index is 1.57. The first kappa shape index (κ1) is 25.0. The summed E-state index contributed by atoms with van der Waals surface area (Å²) in [5, 5.41) is -0.609. The molecule has 0 amide bonds. The fraction of sp³-hybridized carbons (Fsp3) is 0.840. The molecule has 2 heterocycles. The fourth-order valence-corrected chi connectivity index (χ4v) is 8.15. The third-order valence-electron chi connectivity index (χ3n) is 9.10. The SMILES string of the molecule is COC1CC(OC)C2C(=O)[C@@]3(OC2C1Cl)C1=C(C[C@](CN)(C2CCCCC2Cl)O1)C(=O)C[C@H]3C. The molecule has 9 heteroatoms. The predicted molar refractivity (Wildman–Crippen MR) is 127 cm³/mol. The summed E-state index contributed by atoms with van der Waals surface area (Å²) in [6.07, 6.45) is 3.65. The number of fused-ring (bicyclic) bond motifs is 2. The van der Waals surface area contributed by atoms with E-state index in [2.05, 4.69) is 0 Å². The predicted octanol–water partition coefficient (Wildman–Crippen LogP) is 3.13. The highest BCUT2D eigenvalue weighted by atomic mass is 35.5. The third-order valence-corrected chi connectivity index (χ3v) is 10.2. The van der Waals surface area contributed by atoms with Crippen LogP contribution in [0.5, 0.6) is 0 Å². The Kier molecular flexibility index (Phi) is 6.61. The van der Waals surface area contributed by atoms with Crippen LogP contribution in [0.2, 0.25) is 0 Å². The van der Waals surface area contributed by atoms with Gasteiger partial charge in [-0.2, -0.15) is 0 Å². The minimum absolute atomic E-state index is 0.00262. The summed E-state index contributed by atoms with van der Waals surface area (Å²) < 4.78 is 24.7. The highest BCUT2D eigenvalue weighted by Gasteiger charge is 2.70. The summed E-state index contributed by atoms with van der Waals surface area (Å²) in [5.74, 6) is -0.722. The maximum atomic E-state index is 14.2. The Bertz CT molecular complexity index is 897. The number of hydrogen-bond acceptors (Lipinski definition) is 7. The number of hydrogen-bond donors (Lipinski definition) is 1. The molecule has 0 aromatic heterocycles. The molecule has 10 atom stereocenters. The van der Waals surface area contributed by atoms with Gasteiger partial charge in [-0.25, -0.2) is 0 Å². The van der Waals surface area contributed by atoms with Crippen LogP contribution in [-0.4, -0.2) is 72.6 Å². The van der Waals surface area contributed by atoms with Gasteiger partial charge in [-0.15, -0.1) is 23.2 Å². The number of carbonyl (C=O) groups excluding carboxylic acids is 2. The lowest BCUT2D eigenvalue weighted by Crippen LogP contribution is -2.53. The lowest BCUT2D eigenvalue weighted by atomic mass is 9.69. The number of methoxy groups -OCH3 is 2. The molecule has 0 radical (unpaired) electrons.